The molecule has 1 amide bonds. The van der Waals surface area contributed by atoms with Crippen LogP contribution in [0.25, 0.3) is 45.4 Å². The van der Waals surface area contributed by atoms with Gasteiger partial charge in [-0.3, -0.25) is 10.1 Å². The number of benzene rings is 3. The average molecular weight is 531 g/mol. The largest absolute Gasteiger partial charge is 0.454 e. The normalized spacial score (nSPS) is 11.5. The highest BCUT2D eigenvalue weighted by molar-refractivity contribution is 7.14. The summed E-state index contributed by atoms with van der Waals surface area (Å²) in [6.45, 7) is 6.27. The second-order valence-electron chi connectivity index (χ2n) is 9.50. The van der Waals surface area contributed by atoms with Crippen LogP contribution in [0.1, 0.15) is 22.3 Å². The molecule has 6 rings (SSSR count). The van der Waals surface area contributed by atoms with Crippen LogP contribution in [0.4, 0.5) is 5.13 Å². The van der Waals surface area contributed by atoms with Gasteiger partial charge in [0.1, 0.15) is 11.3 Å². The standard InChI is InChI=1S/C32H26N4O2S/c1-20-15-21(2)30(22(3)16-20)26-19-39-32(33-26)34-29(37)14-13-24-18-36(25-10-5-4-6-11-25)35-31(24)28-17-23-9-7-8-12-27(23)38-28/h4-19H,1-3H3,(H,33,34,37)/b14-13+. The van der Waals surface area contributed by atoms with Gasteiger partial charge >= 0.3 is 0 Å². The minimum atomic E-state index is -0.267. The number of carbonyl (C=O) groups is 1. The van der Waals surface area contributed by atoms with Crippen LogP contribution in [0.15, 0.2) is 94.9 Å². The molecule has 1 N–H and O–H groups in total. The van der Waals surface area contributed by atoms with Crippen molar-refractivity contribution >= 4 is 39.4 Å². The topological polar surface area (TPSA) is 73.0 Å². The number of thiazole rings is 1. The van der Waals surface area contributed by atoms with E-state index in [2.05, 4.69) is 43.2 Å². The molecule has 3 heterocycles. The van der Waals surface area contributed by atoms with Gasteiger partial charge in [0.05, 0.1) is 11.4 Å². The second kappa shape index (κ2) is 10.2. The molecule has 0 aliphatic carbocycles. The number of hydrogen-bond acceptors (Lipinski definition) is 5. The number of anilines is 1. The summed E-state index contributed by atoms with van der Waals surface area (Å²) in [6, 6.07) is 24.0. The van der Waals surface area contributed by atoms with Crippen molar-refractivity contribution in [2.24, 2.45) is 0 Å². The van der Waals surface area contributed by atoms with Crippen molar-refractivity contribution in [3.8, 4) is 28.4 Å². The Labute approximate surface area is 230 Å². The van der Waals surface area contributed by atoms with Crippen molar-refractivity contribution in [1.29, 1.82) is 0 Å². The first-order chi connectivity index (χ1) is 18.9. The molecule has 0 aliphatic heterocycles. The zero-order chi connectivity index (χ0) is 26.9. The summed E-state index contributed by atoms with van der Waals surface area (Å²) in [4.78, 5) is 17.6. The number of para-hydroxylation sites is 2. The maximum atomic E-state index is 12.9. The van der Waals surface area contributed by atoms with Crippen molar-refractivity contribution in [2.75, 3.05) is 5.32 Å². The number of hydrogen-bond donors (Lipinski definition) is 1. The van der Waals surface area contributed by atoms with Crippen molar-refractivity contribution in [3.05, 3.63) is 113 Å². The monoisotopic (exact) mass is 530 g/mol. The second-order valence-corrected chi connectivity index (χ2v) is 10.4. The fourth-order valence-electron chi connectivity index (χ4n) is 4.85. The van der Waals surface area contributed by atoms with E-state index in [-0.39, 0.29) is 5.91 Å². The lowest BCUT2D eigenvalue weighted by Crippen LogP contribution is -2.07. The van der Waals surface area contributed by atoms with Crippen molar-refractivity contribution in [2.45, 2.75) is 20.8 Å². The van der Waals surface area contributed by atoms with Crippen LogP contribution < -0.4 is 5.32 Å². The van der Waals surface area contributed by atoms with Gasteiger partial charge < -0.3 is 4.42 Å². The predicted molar refractivity (Wildman–Crippen MR) is 158 cm³/mol. The van der Waals surface area contributed by atoms with Crippen LogP contribution in [0.5, 0.6) is 0 Å². The lowest BCUT2D eigenvalue weighted by atomic mass is 9.98. The Bertz CT molecular complexity index is 1790. The maximum absolute atomic E-state index is 12.9. The van der Waals surface area contributed by atoms with E-state index in [0.29, 0.717) is 16.6 Å². The highest BCUT2D eigenvalue weighted by atomic mass is 32.1. The summed E-state index contributed by atoms with van der Waals surface area (Å²) < 4.78 is 7.89. The van der Waals surface area contributed by atoms with Gasteiger partial charge in [0.25, 0.3) is 0 Å². The molecule has 0 unspecified atom stereocenters. The summed E-state index contributed by atoms with van der Waals surface area (Å²) in [5, 5.41) is 11.2. The van der Waals surface area contributed by atoms with E-state index in [9.17, 15) is 4.79 Å². The molecule has 6 aromatic rings. The number of furan rings is 1. The first-order valence-electron chi connectivity index (χ1n) is 12.6. The summed E-state index contributed by atoms with van der Waals surface area (Å²) in [5.41, 5.74) is 8.65. The van der Waals surface area contributed by atoms with Crippen molar-refractivity contribution in [3.63, 3.8) is 0 Å². The molecule has 0 atom stereocenters. The summed E-state index contributed by atoms with van der Waals surface area (Å²) in [5.74, 6) is 0.371. The molecule has 0 saturated heterocycles. The highest BCUT2D eigenvalue weighted by Gasteiger charge is 2.16. The number of fused-ring (bicyclic) bond motifs is 1. The number of aryl methyl sites for hydroxylation is 3. The average Bonchev–Trinajstić information content (AvgIpc) is 3.66. The first kappa shape index (κ1) is 24.6. The van der Waals surface area contributed by atoms with Crippen LogP contribution in [0.3, 0.4) is 0 Å². The molecule has 0 radical (unpaired) electrons. The predicted octanol–water partition coefficient (Wildman–Crippen LogP) is 7.99. The summed E-state index contributed by atoms with van der Waals surface area (Å²) in [6.07, 6.45) is 5.15. The third-order valence-electron chi connectivity index (χ3n) is 6.50. The van der Waals surface area contributed by atoms with Crippen LogP contribution in [0, 0.1) is 20.8 Å². The number of nitrogens with one attached hydrogen (secondary N) is 1. The minimum absolute atomic E-state index is 0.267. The van der Waals surface area contributed by atoms with Gasteiger partial charge in [-0.25, -0.2) is 9.67 Å². The molecule has 0 fully saturated rings. The molecule has 6 nitrogen and oxygen atoms in total. The summed E-state index contributed by atoms with van der Waals surface area (Å²) >= 11 is 1.41. The third-order valence-corrected chi connectivity index (χ3v) is 7.26. The molecule has 192 valence electrons. The first-order valence-corrected chi connectivity index (χ1v) is 13.5. The zero-order valence-electron chi connectivity index (χ0n) is 21.8. The molecule has 39 heavy (non-hydrogen) atoms. The smallest absolute Gasteiger partial charge is 0.250 e. The Morgan fingerprint density at radius 3 is 2.49 bits per heavy atom. The fourth-order valence-corrected chi connectivity index (χ4v) is 5.56. The molecule has 7 heteroatoms. The molecule has 0 bridgehead atoms. The van der Waals surface area contributed by atoms with Gasteiger partial charge in [0, 0.05) is 34.2 Å². The molecule has 0 spiro atoms. The Morgan fingerprint density at radius 1 is 0.974 bits per heavy atom. The van der Waals surface area contributed by atoms with E-state index < -0.39 is 0 Å². The Balaban J connectivity index is 1.28. The minimum Gasteiger partial charge on any atom is -0.454 e. The van der Waals surface area contributed by atoms with E-state index in [1.54, 1.807) is 10.8 Å². The Kier molecular flexibility index (Phi) is 6.42. The van der Waals surface area contributed by atoms with E-state index >= 15 is 0 Å². The number of aromatic nitrogens is 3. The van der Waals surface area contributed by atoms with Crippen LogP contribution >= 0.6 is 11.3 Å². The van der Waals surface area contributed by atoms with Gasteiger partial charge in [-0.1, -0.05) is 54.1 Å². The lowest BCUT2D eigenvalue weighted by molar-refractivity contribution is -0.111. The SMILES string of the molecule is Cc1cc(C)c(-c2csc(NC(=O)/C=C/c3cn(-c4ccccc4)nc3-c3cc4ccccc4o3)n2)c(C)c1. The molecular weight excluding hydrogens is 504 g/mol. The van der Waals surface area contributed by atoms with Crippen molar-refractivity contribution < 1.29 is 9.21 Å². The van der Waals surface area contributed by atoms with Crippen molar-refractivity contribution in [1.82, 2.24) is 14.8 Å². The van der Waals surface area contributed by atoms with E-state index in [1.807, 2.05) is 72.2 Å². The molecule has 0 aliphatic rings. The number of amides is 1. The zero-order valence-corrected chi connectivity index (χ0v) is 22.6. The third kappa shape index (κ3) is 5.04. The van der Waals surface area contributed by atoms with Gasteiger partial charge in [-0.15, -0.1) is 11.3 Å². The van der Waals surface area contributed by atoms with Crippen LogP contribution in [-0.4, -0.2) is 20.7 Å². The number of nitrogens with zero attached hydrogens (tertiary/aromatic N) is 3. The lowest BCUT2D eigenvalue weighted by Gasteiger charge is -2.08. The van der Waals surface area contributed by atoms with E-state index in [1.165, 1.54) is 34.1 Å². The molecule has 3 aromatic heterocycles. The number of rotatable bonds is 6. The molecule has 3 aromatic carbocycles. The highest BCUT2D eigenvalue weighted by Crippen LogP contribution is 2.32. The number of carbonyl (C=O) groups excluding carboxylic acids is 1. The van der Waals surface area contributed by atoms with Gasteiger partial charge in [0.15, 0.2) is 10.9 Å². The quantitative estimate of drug-likeness (QED) is 0.222. The van der Waals surface area contributed by atoms with Gasteiger partial charge in [-0.05, 0) is 62.2 Å². The maximum Gasteiger partial charge on any atom is 0.250 e. The van der Waals surface area contributed by atoms with Crippen LogP contribution in [-0.2, 0) is 4.79 Å². The van der Waals surface area contributed by atoms with Gasteiger partial charge in [-0.2, -0.15) is 5.10 Å². The Morgan fingerprint density at radius 2 is 1.72 bits per heavy atom. The van der Waals surface area contributed by atoms with Crippen LogP contribution in [0.2, 0.25) is 0 Å². The van der Waals surface area contributed by atoms with E-state index in [4.69, 9.17) is 9.52 Å². The summed E-state index contributed by atoms with van der Waals surface area (Å²) in [7, 11) is 0. The van der Waals surface area contributed by atoms with E-state index in [0.717, 1.165) is 33.5 Å². The fraction of sp³-hybridized carbons (Fsp3) is 0.0938. The molecule has 0 saturated carbocycles. The van der Waals surface area contributed by atoms with Gasteiger partial charge in [0.2, 0.25) is 5.91 Å². The Hall–Kier alpha value is -4.75. The molecular formula is C32H26N4O2S.